The SMILES string of the molecule is CCCCCCCCCCCC[NH+](CCCCCCCCCCCC)CCCCCCCCCCCC.CCCCCCCCCCCC[NH+](CCCCCCCCCCCC)CCCCCCCCCCCC.O=BOO.O=C(O)C(O)c1ccccc1.O=C1O[B-]2(OC(=O)C(c3ccccc3)O2)OC1c1ccccc1.[Cl-].[HH]. The summed E-state index contributed by atoms with van der Waals surface area (Å²) in [4.78, 5) is 41.2. The molecule has 1 spiro atoms. The molecule has 0 bridgehead atoms. The molecule has 0 aromatic heterocycles. The van der Waals surface area contributed by atoms with Crippen LogP contribution in [0.4, 0.5) is 0 Å². The standard InChI is InChI=1S/2C36H75N.C16H12BO6.C8H8O3.BHO3.ClH.H2/c2*1-4-7-10-13-16-19-22-25-28-31-34-37(35-32-29-26-23-20-17-14-11-8-5-2)36-33-30-27-24-21-18-15-12-9-6-3;18-15-13(11-7-3-1-4-8-11)20-17(22-15)21-14(16(19)23-17)12-9-5-2-6-10-12;9-7(8(10)11)6-4-2-1-3-5-6;2-1-4-3;;/h2*4-36H2,1-3H3;1-10,13-14H;1-5,7,9H,(H,10,11);3H;2*1H/q;;-1;;;;/p+1. The molecule has 0 saturated carbocycles. The zero-order valence-corrected chi connectivity index (χ0v) is 74.4. The second-order valence-corrected chi connectivity index (χ2v) is 32.7. The van der Waals surface area contributed by atoms with Gasteiger partial charge in [-0.3, -0.25) is 9.59 Å². The van der Waals surface area contributed by atoms with Gasteiger partial charge in [-0.2, -0.15) is 0 Å². The number of hydrogen-bond donors (Lipinski definition) is 5. The molecule has 2 saturated heterocycles. The van der Waals surface area contributed by atoms with E-state index < -0.39 is 43.2 Å². The molecule has 3 unspecified atom stereocenters. The van der Waals surface area contributed by atoms with Crippen molar-refractivity contribution in [1.82, 2.24) is 0 Å². The first kappa shape index (κ1) is 109. The van der Waals surface area contributed by atoms with E-state index in [2.05, 4.69) is 46.3 Å². The van der Waals surface area contributed by atoms with Gasteiger partial charge in [0.1, 0.15) is 12.2 Å². The number of rotatable bonds is 71. The third-order valence-corrected chi connectivity index (χ3v) is 22.5. The Morgan fingerprint density at radius 1 is 0.354 bits per heavy atom. The van der Waals surface area contributed by atoms with E-state index in [9.17, 15) is 14.4 Å². The Hall–Kier alpha value is -4.15. The minimum atomic E-state index is -2.87. The summed E-state index contributed by atoms with van der Waals surface area (Å²) in [5.41, 5.74) is 1.62. The van der Waals surface area contributed by atoms with Crippen molar-refractivity contribution in [2.75, 3.05) is 39.3 Å². The number of carboxylic acid groups (broad SMARTS) is 1. The first-order valence-electron chi connectivity index (χ1n) is 47.4. The van der Waals surface area contributed by atoms with E-state index in [1.54, 1.807) is 78.9 Å². The van der Waals surface area contributed by atoms with Gasteiger partial charge in [0, 0.05) is 1.43 Å². The molecule has 3 aromatic carbocycles. The molecule has 0 amide bonds. The number of aliphatic carboxylic acids is 1. The van der Waals surface area contributed by atoms with Gasteiger partial charge in [0.05, 0.1) is 39.3 Å². The van der Waals surface area contributed by atoms with Gasteiger partial charge in [0.2, 0.25) is 0 Å². The molecule has 0 radical (unpaired) electrons. The molecule has 5 N–H and O–H groups in total. The summed E-state index contributed by atoms with van der Waals surface area (Å²) < 4.78 is 30.1. The van der Waals surface area contributed by atoms with Crippen molar-refractivity contribution in [2.45, 2.75) is 445 Å². The predicted molar refractivity (Wildman–Crippen MR) is 472 cm³/mol. The third-order valence-electron chi connectivity index (χ3n) is 22.5. The van der Waals surface area contributed by atoms with Crippen LogP contribution in [0.3, 0.4) is 0 Å². The number of aliphatic hydroxyl groups is 1. The molecule has 0 aliphatic carbocycles. The van der Waals surface area contributed by atoms with Crippen LogP contribution in [0, 0.1) is 0 Å². The number of quaternary nitrogens is 2. The Morgan fingerprint density at radius 2 is 0.531 bits per heavy atom. The van der Waals surface area contributed by atoms with Crippen LogP contribution in [0.15, 0.2) is 91.0 Å². The van der Waals surface area contributed by atoms with Gasteiger partial charge in [-0.05, 0) is 93.7 Å². The number of benzene rings is 3. The van der Waals surface area contributed by atoms with Crippen molar-refractivity contribution in [3.63, 3.8) is 0 Å². The van der Waals surface area contributed by atoms with Gasteiger partial charge in [0.25, 0.3) is 11.9 Å². The van der Waals surface area contributed by atoms with E-state index in [1.165, 1.54) is 425 Å². The smallest absolute Gasteiger partial charge is 0.657 e. The van der Waals surface area contributed by atoms with E-state index in [1.807, 2.05) is 21.9 Å². The van der Waals surface area contributed by atoms with Crippen molar-refractivity contribution in [3.8, 4) is 0 Å². The quantitative estimate of drug-likeness (QED) is 0.0156. The van der Waals surface area contributed by atoms with Gasteiger partial charge in [-0.25, -0.2) is 4.79 Å². The van der Waals surface area contributed by atoms with Crippen LogP contribution in [-0.4, -0.2) is 87.0 Å². The van der Waals surface area contributed by atoms with Gasteiger partial charge < -0.3 is 51.0 Å². The van der Waals surface area contributed by atoms with E-state index >= 15 is 0 Å². The van der Waals surface area contributed by atoms with Crippen LogP contribution in [0.5, 0.6) is 0 Å². The Labute approximate surface area is 702 Å². The number of carbonyl (C=O) groups excluding carboxylic acids is 2. The molecular formula is C96H175B2ClN2O12. The summed E-state index contributed by atoms with van der Waals surface area (Å²) in [5.74, 6) is -2.51. The summed E-state index contributed by atoms with van der Waals surface area (Å²) in [6, 6.07) is 25.9. The number of hydrogen-bond acceptors (Lipinski definition) is 11. The van der Waals surface area contributed by atoms with Crippen LogP contribution < -0.4 is 22.2 Å². The van der Waals surface area contributed by atoms with Crippen LogP contribution in [0.25, 0.3) is 0 Å². The molecule has 5 rings (SSSR count). The summed E-state index contributed by atoms with van der Waals surface area (Å²) >= 11 is 0. The van der Waals surface area contributed by atoms with Crippen molar-refractivity contribution in [1.29, 1.82) is 0 Å². The predicted octanol–water partition coefficient (Wildman–Crippen LogP) is 22.8. The average Bonchev–Trinajstić information content (AvgIpc) is 1.61. The molecule has 14 nitrogen and oxygen atoms in total. The monoisotopic (exact) mass is 1610 g/mol. The van der Waals surface area contributed by atoms with Gasteiger partial charge >= 0.3 is 35.0 Å². The number of unbranched alkanes of at least 4 members (excludes halogenated alkanes) is 54. The van der Waals surface area contributed by atoms with Gasteiger partial charge in [-0.1, -0.05) is 441 Å². The van der Waals surface area contributed by atoms with E-state index in [0.717, 1.165) is 0 Å². The van der Waals surface area contributed by atoms with E-state index in [4.69, 9.17) is 38.8 Å². The Morgan fingerprint density at radius 3 is 0.708 bits per heavy atom. The minimum Gasteiger partial charge on any atom is -1.00 e. The second kappa shape index (κ2) is 82.9. The Bertz CT molecular complexity index is 2250. The fourth-order valence-corrected chi connectivity index (χ4v) is 15.4. The minimum absolute atomic E-state index is 0. The molecule has 3 aromatic rings. The van der Waals surface area contributed by atoms with Crippen molar-refractivity contribution >= 4 is 32.2 Å². The molecule has 3 atom stereocenters. The summed E-state index contributed by atoms with van der Waals surface area (Å²) in [6.45, 7) is 19.7. The van der Waals surface area contributed by atoms with Crippen LogP contribution in [0.2, 0.25) is 0 Å². The average molecular weight is 1610 g/mol. The van der Waals surface area contributed by atoms with Gasteiger partial charge in [-0.15, -0.1) is 0 Å². The summed E-state index contributed by atoms with van der Waals surface area (Å²) in [5, 5.41) is 24.4. The number of halogens is 1. The van der Waals surface area contributed by atoms with Crippen LogP contribution >= 0.6 is 0 Å². The zero-order valence-electron chi connectivity index (χ0n) is 73.6. The van der Waals surface area contributed by atoms with Crippen molar-refractivity contribution < 1.29 is 81.6 Å². The number of aliphatic hydroxyl groups excluding tert-OH is 1. The van der Waals surface area contributed by atoms with Crippen LogP contribution in [-0.2, 0) is 42.5 Å². The number of nitrogens with one attached hydrogen (secondary N) is 2. The molecule has 2 fully saturated rings. The fraction of sp³-hybridized carbons (Fsp3) is 0.781. The Balaban J connectivity index is 0. The summed E-state index contributed by atoms with van der Waals surface area (Å²) in [6.07, 6.45) is 84.5. The topological polar surface area (TPSA) is 184 Å². The first-order chi connectivity index (χ1) is 55.0. The van der Waals surface area contributed by atoms with Crippen molar-refractivity contribution in [2.24, 2.45) is 0 Å². The van der Waals surface area contributed by atoms with Crippen LogP contribution in [0.1, 0.15) is 463 Å². The maximum absolute atomic E-state index is 12.1. The van der Waals surface area contributed by atoms with E-state index in [-0.39, 0.29) is 21.2 Å². The number of carboxylic acids is 1. The molecular weight excluding hydrogens is 1430 g/mol. The van der Waals surface area contributed by atoms with Gasteiger partial charge in [0.15, 0.2) is 6.10 Å². The molecule has 2 aliphatic heterocycles. The largest absolute Gasteiger partial charge is 1.00 e. The number of carbonyl (C=O) groups is 3. The normalized spacial score (nSPS) is 15.0. The zero-order chi connectivity index (χ0) is 81.4. The molecule has 113 heavy (non-hydrogen) atoms. The first-order valence-corrected chi connectivity index (χ1v) is 47.4. The Kier molecular flexibility index (Phi) is 79.9. The van der Waals surface area contributed by atoms with Crippen molar-refractivity contribution in [3.05, 3.63) is 108 Å². The molecule has 17 heteroatoms. The maximum Gasteiger partial charge on any atom is 0.657 e. The second-order valence-electron chi connectivity index (χ2n) is 32.7. The molecule has 2 aliphatic rings. The third kappa shape index (κ3) is 64.5. The molecule has 2 heterocycles. The summed E-state index contributed by atoms with van der Waals surface area (Å²) in [7, 11) is -0.0694. The maximum atomic E-state index is 12.1. The van der Waals surface area contributed by atoms with E-state index in [0.29, 0.717) is 16.7 Å². The molecule has 654 valence electrons. The fourth-order valence-electron chi connectivity index (χ4n) is 15.4.